The van der Waals surface area contributed by atoms with Gasteiger partial charge in [-0.3, -0.25) is 14.4 Å². The van der Waals surface area contributed by atoms with Crippen molar-refractivity contribution in [1.29, 1.82) is 0 Å². The Morgan fingerprint density at radius 3 is 2.41 bits per heavy atom. The lowest BCUT2D eigenvalue weighted by atomic mass is 9.93. The van der Waals surface area contributed by atoms with E-state index in [4.69, 9.17) is 30.5 Å². The Kier molecular flexibility index (Phi) is 12.2. The summed E-state index contributed by atoms with van der Waals surface area (Å²) in [5.74, 6) is -2.78. The zero-order valence-electron chi connectivity index (χ0n) is 26.9. The van der Waals surface area contributed by atoms with Crippen molar-refractivity contribution in [3.05, 3.63) is 76.8 Å². The van der Waals surface area contributed by atoms with Crippen LogP contribution < -0.4 is 15.4 Å². The van der Waals surface area contributed by atoms with E-state index in [9.17, 15) is 19.2 Å². The Labute approximate surface area is 275 Å². The van der Waals surface area contributed by atoms with E-state index in [1.54, 1.807) is 31.2 Å². The molecule has 46 heavy (non-hydrogen) atoms. The maximum Gasteiger partial charge on any atom is 0.347 e. The third kappa shape index (κ3) is 9.56. The van der Waals surface area contributed by atoms with Crippen molar-refractivity contribution in [2.24, 2.45) is 17.8 Å². The average Bonchev–Trinajstić information content (AvgIpc) is 3.83. The molecule has 2 unspecified atom stereocenters. The minimum absolute atomic E-state index is 0.0341. The van der Waals surface area contributed by atoms with Crippen LogP contribution in [0.3, 0.4) is 0 Å². The zero-order valence-corrected chi connectivity index (χ0v) is 27.6. The molecule has 1 saturated heterocycles. The van der Waals surface area contributed by atoms with Crippen molar-refractivity contribution in [2.45, 2.75) is 77.4 Å². The summed E-state index contributed by atoms with van der Waals surface area (Å²) in [6.45, 7) is 7.31. The van der Waals surface area contributed by atoms with Gasteiger partial charge in [0.25, 0.3) is 0 Å². The van der Waals surface area contributed by atoms with E-state index < -0.39 is 47.9 Å². The molecule has 0 aromatic heterocycles. The van der Waals surface area contributed by atoms with Crippen LogP contribution in [0, 0.1) is 17.8 Å². The predicted molar refractivity (Wildman–Crippen MR) is 172 cm³/mol. The van der Waals surface area contributed by atoms with Crippen LogP contribution >= 0.6 is 11.6 Å². The van der Waals surface area contributed by atoms with Crippen LogP contribution in [0.15, 0.2) is 60.7 Å². The fourth-order valence-corrected chi connectivity index (χ4v) is 5.67. The fourth-order valence-electron chi connectivity index (χ4n) is 5.39. The SMILES string of the molecule is COc1ccc(C[C@H]2NC(=O)/C=C\CC([C@H](C)C3O[C@@H]3c3ccccc3)OC(=O)[C@@H](CC(C)C)OC(=O)[C@H](C)CNC2=O)cc1Cl. The van der Waals surface area contributed by atoms with Crippen LogP contribution in [0.5, 0.6) is 5.75 Å². The monoisotopic (exact) mass is 654 g/mol. The summed E-state index contributed by atoms with van der Waals surface area (Å²) < 4.78 is 22.9. The molecule has 0 radical (unpaired) electrons. The summed E-state index contributed by atoms with van der Waals surface area (Å²) in [6.07, 6.45) is 1.40. The number of esters is 2. The highest BCUT2D eigenvalue weighted by atomic mass is 35.5. The average molecular weight is 655 g/mol. The molecule has 2 amide bonds. The Bertz CT molecular complexity index is 1410. The molecule has 2 N–H and O–H groups in total. The molecule has 0 spiro atoms. The van der Waals surface area contributed by atoms with Crippen molar-refractivity contribution >= 4 is 35.4 Å². The first kappa shape index (κ1) is 35.0. The van der Waals surface area contributed by atoms with Gasteiger partial charge in [-0.15, -0.1) is 0 Å². The second-order valence-electron chi connectivity index (χ2n) is 12.3. The molecule has 2 aromatic carbocycles. The largest absolute Gasteiger partial charge is 0.495 e. The lowest BCUT2D eigenvalue weighted by Crippen LogP contribution is -2.49. The quantitative estimate of drug-likeness (QED) is 0.308. The number of amides is 2. The van der Waals surface area contributed by atoms with Gasteiger partial charge in [0.05, 0.1) is 24.2 Å². The van der Waals surface area contributed by atoms with Gasteiger partial charge < -0.3 is 29.6 Å². The number of carbonyl (C=O) groups is 4. The molecule has 1 fully saturated rings. The van der Waals surface area contributed by atoms with E-state index in [0.29, 0.717) is 16.3 Å². The zero-order chi connectivity index (χ0) is 33.4. The van der Waals surface area contributed by atoms with E-state index in [0.717, 1.165) is 5.56 Å². The minimum atomic E-state index is -1.13. The maximum absolute atomic E-state index is 13.5. The number of benzene rings is 2. The number of methoxy groups -OCH3 is 1. The number of rotatable bonds is 8. The summed E-state index contributed by atoms with van der Waals surface area (Å²) in [5.41, 5.74) is 1.73. The second kappa shape index (κ2) is 16.1. The number of epoxide rings is 1. The highest BCUT2D eigenvalue weighted by Gasteiger charge is 2.47. The van der Waals surface area contributed by atoms with Gasteiger partial charge in [-0.2, -0.15) is 0 Å². The smallest absolute Gasteiger partial charge is 0.347 e. The summed E-state index contributed by atoms with van der Waals surface area (Å²) in [7, 11) is 1.51. The molecule has 4 rings (SSSR count). The number of hydrogen-bond donors (Lipinski definition) is 2. The van der Waals surface area contributed by atoms with Crippen molar-refractivity contribution in [3.63, 3.8) is 0 Å². The Morgan fingerprint density at radius 1 is 1.00 bits per heavy atom. The Hall–Kier alpha value is -3.89. The number of hydrogen-bond acceptors (Lipinski definition) is 8. The van der Waals surface area contributed by atoms with Gasteiger partial charge in [0, 0.05) is 25.3 Å². The van der Waals surface area contributed by atoms with E-state index in [1.165, 1.54) is 13.2 Å². The number of nitrogens with one attached hydrogen (secondary N) is 2. The summed E-state index contributed by atoms with van der Waals surface area (Å²) in [5, 5.41) is 5.86. The van der Waals surface area contributed by atoms with Crippen LogP contribution in [0.1, 0.15) is 57.8 Å². The normalized spacial score (nSPS) is 27.5. The number of cyclic esters (lactones) is 2. The van der Waals surface area contributed by atoms with E-state index in [2.05, 4.69) is 10.6 Å². The molecular formula is C35H43ClN2O8. The molecule has 0 saturated carbocycles. The third-order valence-electron chi connectivity index (χ3n) is 8.14. The predicted octanol–water partition coefficient (Wildman–Crippen LogP) is 4.73. The Morgan fingerprint density at radius 2 is 1.74 bits per heavy atom. The fraction of sp³-hybridized carbons (Fsp3) is 0.486. The van der Waals surface area contributed by atoms with Crippen LogP contribution in [0.25, 0.3) is 0 Å². The molecule has 2 heterocycles. The van der Waals surface area contributed by atoms with Crippen molar-refractivity contribution in [2.75, 3.05) is 13.7 Å². The van der Waals surface area contributed by atoms with Crippen molar-refractivity contribution in [3.8, 4) is 5.75 Å². The van der Waals surface area contributed by atoms with Gasteiger partial charge in [-0.25, -0.2) is 4.79 Å². The van der Waals surface area contributed by atoms with E-state index >= 15 is 0 Å². The lowest BCUT2D eigenvalue weighted by molar-refractivity contribution is -0.176. The standard InChI is InChI=1S/C35H43ClN2O8/c1-20(2)16-29-35(42)44-27(22(4)31-32(46-31)24-10-7-6-8-11-24)12-9-13-30(39)38-26(33(40)37-19-21(3)34(41)45-29)18-23-14-15-28(43-5)25(36)17-23/h6-11,13-15,17,20-22,26-27,29,31-32H,12,16,18-19H2,1-5H3,(H,37,40)(H,38,39)/b13-9-/t21-,22+,26-,27?,29-,31?,32-/m1/s1. The maximum atomic E-state index is 13.5. The lowest BCUT2D eigenvalue weighted by Gasteiger charge is -2.27. The summed E-state index contributed by atoms with van der Waals surface area (Å²) in [4.78, 5) is 52.9. The first-order valence-electron chi connectivity index (χ1n) is 15.6. The molecule has 0 bridgehead atoms. The molecule has 11 heteroatoms. The Balaban J connectivity index is 1.58. The van der Waals surface area contributed by atoms with Gasteiger partial charge in [-0.05, 0) is 41.7 Å². The molecule has 2 aromatic rings. The molecular weight excluding hydrogens is 612 g/mol. The first-order chi connectivity index (χ1) is 22.0. The van der Waals surface area contributed by atoms with Gasteiger partial charge in [0.2, 0.25) is 11.8 Å². The van der Waals surface area contributed by atoms with Gasteiger partial charge >= 0.3 is 11.9 Å². The van der Waals surface area contributed by atoms with Crippen molar-refractivity contribution < 1.29 is 38.1 Å². The van der Waals surface area contributed by atoms with Crippen molar-refractivity contribution in [1.82, 2.24) is 10.6 Å². The van der Waals surface area contributed by atoms with Crippen LogP contribution in [-0.2, 0) is 39.8 Å². The van der Waals surface area contributed by atoms with Crippen LogP contribution in [-0.4, -0.2) is 61.8 Å². The number of ether oxygens (including phenoxy) is 4. The molecule has 2 aliphatic heterocycles. The first-order valence-corrected chi connectivity index (χ1v) is 16.0. The molecule has 2 aliphatic rings. The van der Waals surface area contributed by atoms with E-state index in [-0.39, 0.29) is 49.9 Å². The summed E-state index contributed by atoms with van der Waals surface area (Å²) in [6, 6.07) is 13.9. The van der Waals surface area contributed by atoms with Gasteiger partial charge in [0.15, 0.2) is 6.10 Å². The summed E-state index contributed by atoms with van der Waals surface area (Å²) >= 11 is 6.30. The number of carbonyl (C=O) groups excluding carboxylic acids is 4. The van der Waals surface area contributed by atoms with E-state index in [1.807, 2.05) is 51.1 Å². The molecule has 248 valence electrons. The van der Waals surface area contributed by atoms with Crippen LogP contribution in [0.4, 0.5) is 0 Å². The van der Waals surface area contributed by atoms with Gasteiger partial charge in [0.1, 0.15) is 24.0 Å². The molecule has 10 nitrogen and oxygen atoms in total. The van der Waals surface area contributed by atoms with Crippen LogP contribution in [0.2, 0.25) is 5.02 Å². The highest BCUT2D eigenvalue weighted by molar-refractivity contribution is 6.32. The highest BCUT2D eigenvalue weighted by Crippen LogP contribution is 2.45. The van der Waals surface area contributed by atoms with Gasteiger partial charge in [-0.1, -0.05) is 81.8 Å². The third-order valence-corrected chi connectivity index (χ3v) is 8.44. The molecule has 0 aliphatic carbocycles. The second-order valence-corrected chi connectivity index (χ2v) is 12.7. The topological polar surface area (TPSA) is 133 Å². The molecule has 7 atom stereocenters. The number of halogens is 1. The minimum Gasteiger partial charge on any atom is -0.495 e.